The first-order valence-corrected chi connectivity index (χ1v) is 7.25. The molecule has 0 aromatic heterocycles. The predicted octanol–water partition coefficient (Wildman–Crippen LogP) is 1.79. The van der Waals surface area contributed by atoms with E-state index in [1.165, 1.54) is 12.8 Å². The summed E-state index contributed by atoms with van der Waals surface area (Å²) in [6, 6.07) is 0.215. The maximum atomic E-state index is 11.8. The van der Waals surface area contributed by atoms with Gasteiger partial charge in [-0.1, -0.05) is 6.92 Å². The molecule has 4 heteroatoms. The quantitative estimate of drug-likeness (QED) is 0.755. The van der Waals surface area contributed by atoms with Gasteiger partial charge in [-0.15, -0.1) is 0 Å². The average Bonchev–Trinajstić information content (AvgIpc) is 2.29. The number of ether oxygens (including phenoxy) is 1. The maximum absolute atomic E-state index is 11.8. The molecule has 0 aromatic carbocycles. The van der Waals surface area contributed by atoms with Gasteiger partial charge in [0.1, 0.15) is 0 Å². The summed E-state index contributed by atoms with van der Waals surface area (Å²) in [7, 11) is 0. The third kappa shape index (κ3) is 6.36. The van der Waals surface area contributed by atoms with Crippen LogP contribution in [0.4, 0.5) is 0 Å². The lowest BCUT2D eigenvalue weighted by molar-refractivity contribution is -0.123. The summed E-state index contributed by atoms with van der Waals surface area (Å²) in [5, 5.41) is 2.95. The number of carbonyl (C=O) groups excluding carboxylic acids is 1. The summed E-state index contributed by atoms with van der Waals surface area (Å²) in [6.45, 7) is 9.35. The van der Waals surface area contributed by atoms with Crippen molar-refractivity contribution in [2.75, 3.05) is 26.2 Å². The Balaban J connectivity index is 2.35. The monoisotopic (exact) mass is 256 g/mol. The fraction of sp³-hybridized carbons (Fsp3) is 0.929. The molecule has 0 aliphatic carbocycles. The standard InChI is InChI=1S/C14H28N2O2/c1-4-8-16(11-14(17)15-12(2)3)10-13-7-5-6-9-18-13/h12-13H,4-11H2,1-3H3,(H,15,17)/t13-/m1/s1. The van der Waals surface area contributed by atoms with Gasteiger partial charge >= 0.3 is 0 Å². The molecule has 0 aromatic rings. The molecule has 0 radical (unpaired) electrons. The third-order valence-corrected chi connectivity index (χ3v) is 3.09. The molecule has 18 heavy (non-hydrogen) atoms. The zero-order chi connectivity index (χ0) is 13.4. The van der Waals surface area contributed by atoms with Crippen LogP contribution in [-0.4, -0.2) is 49.2 Å². The average molecular weight is 256 g/mol. The second-order valence-corrected chi connectivity index (χ2v) is 5.45. The maximum Gasteiger partial charge on any atom is 0.234 e. The van der Waals surface area contributed by atoms with Crippen LogP contribution in [0.1, 0.15) is 46.5 Å². The Morgan fingerprint density at radius 2 is 2.22 bits per heavy atom. The highest BCUT2D eigenvalue weighted by Gasteiger charge is 2.19. The zero-order valence-electron chi connectivity index (χ0n) is 12.1. The predicted molar refractivity (Wildman–Crippen MR) is 73.6 cm³/mol. The van der Waals surface area contributed by atoms with Gasteiger partial charge in [0.05, 0.1) is 12.6 Å². The topological polar surface area (TPSA) is 41.6 Å². The van der Waals surface area contributed by atoms with Gasteiger partial charge < -0.3 is 10.1 Å². The van der Waals surface area contributed by atoms with Crippen molar-refractivity contribution in [2.45, 2.75) is 58.6 Å². The number of rotatable bonds is 7. The van der Waals surface area contributed by atoms with Crippen LogP contribution in [0.5, 0.6) is 0 Å². The Morgan fingerprint density at radius 1 is 1.44 bits per heavy atom. The molecule has 1 rings (SSSR count). The van der Waals surface area contributed by atoms with Crippen molar-refractivity contribution in [3.05, 3.63) is 0 Å². The van der Waals surface area contributed by atoms with Gasteiger partial charge in [0, 0.05) is 19.2 Å². The molecule has 1 heterocycles. The molecule has 0 spiro atoms. The zero-order valence-corrected chi connectivity index (χ0v) is 12.1. The molecule has 106 valence electrons. The van der Waals surface area contributed by atoms with Crippen molar-refractivity contribution < 1.29 is 9.53 Å². The van der Waals surface area contributed by atoms with E-state index in [9.17, 15) is 4.79 Å². The fourth-order valence-electron chi connectivity index (χ4n) is 2.36. The first kappa shape index (κ1) is 15.4. The van der Waals surface area contributed by atoms with Crippen LogP contribution in [-0.2, 0) is 9.53 Å². The van der Waals surface area contributed by atoms with Crippen LogP contribution in [0, 0.1) is 0 Å². The molecule has 0 unspecified atom stereocenters. The lowest BCUT2D eigenvalue weighted by atomic mass is 10.1. The normalized spacial score (nSPS) is 20.4. The summed E-state index contributed by atoms with van der Waals surface area (Å²) in [6.07, 6.45) is 4.95. The van der Waals surface area contributed by atoms with Gasteiger partial charge in [-0.25, -0.2) is 0 Å². The molecule has 1 atom stereocenters. The van der Waals surface area contributed by atoms with Crippen LogP contribution in [0.25, 0.3) is 0 Å². The van der Waals surface area contributed by atoms with Crippen LogP contribution in [0.3, 0.4) is 0 Å². The van der Waals surface area contributed by atoms with E-state index in [-0.39, 0.29) is 11.9 Å². The molecular weight excluding hydrogens is 228 g/mol. The van der Waals surface area contributed by atoms with E-state index in [1.807, 2.05) is 13.8 Å². The van der Waals surface area contributed by atoms with Crippen molar-refractivity contribution in [1.29, 1.82) is 0 Å². The van der Waals surface area contributed by atoms with Crippen LogP contribution >= 0.6 is 0 Å². The molecule has 1 aliphatic rings. The number of nitrogens with zero attached hydrogens (tertiary/aromatic N) is 1. The molecule has 0 saturated carbocycles. The highest BCUT2D eigenvalue weighted by molar-refractivity contribution is 5.78. The minimum Gasteiger partial charge on any atom is -0.377 e. The molecule has 1 N–H and O–H groups in total. The van der Waals surface area contributed by atoms with E-state index >= 15 is 0 Å². The molecule has 1 fully saturated rings. The van der Waals surface area contributed by atoms with Gasteiger partial charge in [-0.2, -0.15) is 0 Å². The first-order valence-electron chi connectivity index (χ1n) is 7.25. The lowest BCUT2D eigenvalue weighted by Gasteiger charge is -2.29. The Bertz CT molecular complexity index is 238. The number of carbonyl (C=O) groups is 1. The van der Waals surface area contributed by atoms with E-state index < -0.39 is 0 Å². The summed E-state index contributed by atoms with van der Waals surface area (Å²) in [5.41, 5.74) is 0. The summed E-state index contributed by atoms with van der Waals surface area (Å²) in [5.74, 6) is 0.120. The van der Waals surface area contributed by atoms with Crippen molar-refractivity contribution >= 4 is 5.91 Å². The summed E-state index contributed by atoms with van der Waals surface area (Å²) < 4.78 is 5.74. The van der Waals surface area contributed by atoms with E-state index in [0.717, 1.165) is 32.5 Å². The Labute approximate surface area is 111 Å². The number of amides is 1. The van der Waals surface area contributed by atoms with E-state index in [2.05, 4.69) is 17.1 Å². The van der Waals surface area contributed by atoms with Gasteiger partial charge in [0.25, 0.3) is 0 Å². The SMILES string of the molecule is CCCN(CC(=O)NC(C)C)C[C@H]1CCCCO1. The van der Waals surface area contributed by atoms with Crippen molar-refractivity contribution in [2.24, 2.45) is 0 Å². The minimum absolute atomic E-state index is 0.120. The van der Waals surface area contributed by atoms with Gasteiger partial charge in [-0.05, 0) is 46.1 Å². The van der Waals surface area contributed by atoms with Crippen LogP contribution in [0.2, 0.25) is 0 Å². The smallest absolute Gasteiger partial charge is 0.234 e. The highest BCUT2D eigenvalue weighted by atomic mass is 16.5. The van der Waals surface area contributed by atoms with Crippen molar-refractivity contribution in [3.63, 3.8) is 0 Å². The fourth-order valence-corrected chi connectivity index (χ4v) is 2.36. The highest BCUT2D eigenvalue weighted by Crippen LogP contribution is 2.13. The number of hydrogen-bond acceptors (Lipinski definition) is 3. The lowest BCUT2D eigenvalue weighted by Crippen LogP contribution is -2.44. The van der Waals surface area contributed by atoms with E-state index in [4.69, 9.17) is 4.74 Å². The molecule has 4 nitrogen and oxygen atoms in total. The van der Waals surface area contributed by atoms with E-state index in [0.29, 0.717) is 12.6 Å². The van der Waals surface area contributed by atoms with Gasteiger partial charge in [0.2, 0.25) is 5.91 Å². The molecule has 0 bridgehead atoms. The van der Waals surface area contributed by atoms with Crippen molar-refractivity contribution in [3.8, 4) is 0 Å². The minimum atomic E-state index is 0.120. The van der Waals surface area contributed by atoms with Gasteiger partial charge in [-0.3, -0.25) is 9.69 Å². The number of hydrogen-bond donors (Lipinski definition) is 1. The summed E-state index contributed by atoms with van der Waals surface area (Å²) >= 11 is 0. The van der Waals surface area contributed by atoms with Crippen molar-refractivity contribution in [1.82, 2.24) is 10.2 Å². The second kappa shape index (κ2) is 8.48. The molecule has 1 aliphatic heterocycles. The Hall–Kier alpha value is -0.610. The third-order valence-electron chi connectivity index (χ3n) is 3.09. The largest absolute Gasteiger partial charge is 0.377 e. The molecular formula is C14H28N2O2. The second-order valence-electron chi connectivity index (χ2n) is 5.45. The Kier molecular flexibility index (Phi) is 7.28. The van der Waals surface area contributed by atoms with E-state index in [1.54, 1.807) is 0 Å². The first-order chi connectivity index (χ1) is 8.61. The molecule has 1 saturated heterocycles. The van der Waals surface area contributed by atoms with Gasteiger partial charge in [0.15, 0.2) is 0 Å². The summed E-state index contributed by atoms with van der Waals surface area (Å²) in [4.78, 5) is 14.0. The molecule has 1 amide bonds. The number of nitrogens with one attached hydrogen (secondary N) is 1. The van der Waals surface area contributed by atoms with Crippen LogP contribution in [0.15, 0.2) is 0 Å². The Morgan fingerprint density at radius 3 is 2.78 bits per heavy atom. The van der Waals surface area contributed by atoms with Crippen LogP contribution < -0.4 is 5.32 Å².